The maximum absolute atomic E-state index is 13.8. The first-order chi connectivity index (χ1) is 13.5. The Morgan fingerprint density at radius 3 is 2.79 bits per heavy atom. The van der Waals surface area contributed by atoms with Crippen molar-refractivity contribution in [2.24, 2.45) is 5.92 Å². The molecule has 0 unspecified atom stereocenters. The van der Waals surface area contributed by atoms with E-state index < -0.39 is 0 Å². The number of anilines is 2. The largest absolute Gasteiger partial charge is 0.381 e. The average molecular weight is 385 g/mol. The molecule has 0 atom stereocenters. The van der Waals surface area contributed by atoms with E-state index >= 15 is 0 Å². The average Bonchev–Trinajstić information content (AvgIpc) is 2.70. The number of rotatable bonds is 6. The summed E-state index contributed by atoms with van der Waals surface area (Å²) in [6.07, 6.45) is 3.56. The van der Waals surface area contributed by atoms with E-state index in [4.69, 9.17) is 4.74 Å². The van der Waals surface area contributed by atoms with Crippen LogP contribution in [0.2, 0.25) is 0 Å². The number of hydrogen-bond acceptors (Lipinski definition) is 4. The van der Waals surface area contributed by atoms with E-state index in [1.54, 1.807) is 19.2 Å². The number of pyridine rings is 1. The molecule has 0 saturated carbocycles. The molecule has 1 aliphatic heterocycles. The van der Waals surface area contributed by atoms with Crippen LogP contribution in [-0.2, 0) is 4.74 Å². The summed E-state index contributed by atoms with van der Waals surface area (Å²) in [5, 5.41) is 6.21. The minimum Gasteiger partial charge on any atom is -0.381 e. The van der Waals surface area contributed by atoms with Gasteiger partial charge in [-0.05, 0) is 55.4 Å². The summed E-state index contributed by atoms with van der Waals surface area (Å²) < 4.78 is 19.1. The van der Waals surface area contributed by atoms with Gasteiger partial charge in [0.05, 0.1) is 5.56 Å². The lowest BCUT2D eigenvalue weighted by molar-refractivity contribution is 0.0642. The number of ether oxygens (including phenoxy) is 1. The molecule has 0 aliphatic carbocycles. The molecule has 1 aromatic heterocycles. The van der Waals surface area contributed by atoms with E-state index in [-0.39, 0.29) is 17.6 Å². The van der Waals surface area contributed by atoms with Crippen LogP contribution in [-0.4, -0.2) is 30.6 Å². The molecule has 5 nitrogen and oxygen atoms in total. The van der Waals surface area contributed by atoms with Gasteiger partial charge in [-0.1, -0.05) is 19.9 Å². The third-order valence-corrected chi connectivity index (χ3v) is 5.23. The molecule has 6 heteroatoms. The van der Waals surface area contributed by atoms with Crippen molar-refractivity contribution < 1.29 is 13.9 Å². The fourth-order valence-corrected chi connectivity index (χ4v) is 3.37. The van der Waals surface area contributed by atoms with Gasteiger partial charge in [0.15, 0.2) is 0 Å². The highest BCUT2D eigenvalue weighted by Crippen LogP contribution is 2.26. The SMILES string of the molecule is Cc1c(F)cccc1Nc1cc(C(C)C)c(C(=O)NCC2CCOCC2)cn1. The number of nitrogens with one attached hydrogen (secondary N) is 2. The van der Waals surface area contributed by atoms with Crippen molar-refractivity contribution >= 4 is 17.4 Å². The molecule has 28 heavy (non-hydrogen) atoms. The van der Waals surface area contributed by atoms with Crippen molar-refractivity contribution in [3.63, 3.8) is 0 Å². The Labute approximate surface area is 165 Å². The highest BCUT2D eigenvalue weighted by Gasteiger charge is 2.19. The normalized spacial score (nSPS) is 14.9. The lowest BCUT2D eigenvalue weighted by Gasteiger charge is -2.22. The molecule has 1 aromatic carbocycles. The number of carbonyl (C=O) groups is 1. The van der Waals surface area contributed by atoms with Crippen LogP contribution in [0.3, 0.4) is 0 Å². The van der Waals surface area contributed by atoms with E-state index in [2.05, 4.69) is 15.6 Å². The Morgan fingerprint density at radius 2 is 2.07 bits per heavy atom. The Kier molecular flexibility index (Phi) is 6.62. The van der Waals surface area contributed by atoms with Gasteiger partial charge in [-0.2, -0.15) is 0 Å². The lowest BCUT2D eigenvalue weighted by atomic mass is 9.97. The molecule has 3 rings (SSSR count). The first-order valence-electron chi connectivity index (χ1n) is 9.83. The maximum Gasteiger partial charge on any atom is 0.253 e. The van der Waals surface area contributed by atoms with Crippen LogP contribution in [0.1, 0.15) is 54.1 Å². The van der Waals surface area contributed by atoms with E-state index in [0.717, 1.165) is 31.6 Å². The fourth-order valence-electron chi connectivity index (χ4n) is 3.37. The second-order valence-electron chi connectivity index (χ2n) is 7.61. The lowest BCUT2D eigenvalue weighted by Crippen LogP contribution is -2.32. The summed E-state index contributed by atoms with van der Waals surface area (Å²) in [6.45, 7) is 7.99. The number of halogens is 1. The zero-order valence-electron chi connectivity index (χ0n) is 16.7. The van der Waals surface area contributed by atoms with Crippen LogP contribution < -0.4 is 10.6 Å². The summed E-state index contributed by atoms with van der Waals surface area (Å²) in [6, 6.07) is 6.77. The topological polar surface area (TPSA) is 63.2 Å². The Balaban J connectivity index is 1.75. The fraction of sp³-hybridized carbons (Fsp3) is 0.455. The highest BCUT2D eigenvalue weighted by atomic mass is 19.1. The molecule has 1 amide bonds. The Bertz CT molecular complexity index is 833. The summed E-state index contributed by atoms with van der Waals surface area (Å²) in [5.74, 6) is 0.846. The van der Waals surface area contributed by atoms with Crippen LogP contribution in [0.5, 0.6) is 0 Å². The van der Waals surface area contributed by atoms with Gasteiger partial charge in [-0.3, -0.25) is 4.79 Å². The first-order valence-corrected chi connectivity index (χ1v) is 9.83. The van der Waals surface area contributed by atoms with Crippen molar-refractivity contribution in [3.8, 4) is 0 Å². The van der Waals surface area contributed by atoms with Crippen LogP contribution in [0.15, 0.2) is 30.5 Å². The minimum absolute atomic E-state index is 0.101. The Morgan fingerprint density at radius 1 is 1.32 bits per heavy atom. The molecule has 1 aliphatic rings. The molecule has 0 spiro atoms. The molecular weight excluding hydrogens is 357 g/mol. The molecule has 0 bridgehead atoms. The summed E-state index contributed by atoms with van der Waals surface area (Å²) in [7, 11) is 0. The van der Waals surface area contributed by atoms with Gasteiger partial charge in [0, 0.05) is 37.2 Å². The summed E-state index contributed by atoms with van der Waals surface area (Å²) in [5.41, 5.74) is 2.70. The molecule has 1 fully saturated rings. The van der Waals surface area contributed by atoms with Gasteiger partial charge < -0.3 is 15.4 Å². The number of carbonyl (C=O) groups excluding carboxylic acids is 1. The third-order valence-electron chi connectivity index (χ3n) is 5.23. The smallest absolute Gasteiger partial charge is 0.253 e. The van der Waals surface area contributed by atoms with Gasteiger partial charge in [0.1, 0.15) is 11.6 Å². The van der Waals surface area contributed by atoms with E-state index in [1.807, 2.05) is 26.0 Å². The number of amides is 1. The molecule has 0 radical (unpaired) electrons. The summed E-state index contributed by atoms with van der Waals surface area (Å²) in [4.78, 5) is 17.1. The van der Waals surface area contributed by atoms with Gasteiger partial charge in [0.2, 0.25) is 0 Å². The van der Waals surface area contributed by atoms with Crippen molar-refractivity contribution in [1.82, 2.24) is 10.3 Å². The number of benzene rings is 1. The maximum atomic E-state index is 13.8. The molecule has 2 heterocycles. The van der Waals surface area contributed by atoms with Crippen LogP contribution in [0.25, 0.3) is 0 Å². The van der Waals surface area contributed by atoms with E-state index in [9.17, 15) is 9.18 Å². The molecule has 2 aromatic rings. The van der Waals surface area contributed by atoms with Crippen molar-refractivity contribution in [2.45, 2.75) is 39.5 Å². The molecule has 1 saturated heterocycles. The van der Waals surface area contributed by atoms with Crippen molar-refractivity contribution in [1.29, 1.82) is 0 Å². The molecular formula is C22H28FN3O2. The van der Waals surface area contributed by atoms with Gasteiger partial charge >= 0.3 is 0 Å². The van der Waals surface area contributed by atoms with Crippen LogP contribution in [0.4, 0.5) is 15.9 Å². The first kappa shape index (κ1) is 20.3. The van der Waals surface area contributed by atoms with Crippen LogP contribution >= 0.6 is 0 Å². The third kappa shape index (κ3) is 4.87. The zero-order valence-corrected chi connectivity index (χ0v) is 16.7. The van der Waals surface area contributed by atoms with Crippen molar-refractivity contribution in [3.05, 3.63) is 53.0 Å². The second-order valence-corrected chi connectivity index (χ2v) is 7.61. The standard InChI is InChI=1S/C22H28FN3O2/c1-14(2)17-11-21(26-20-6-4-5-19(23)15(20)3)24-13-18(17)22(27)25-12-16-7-9-28-10-8-16/h4-6,11,13-14,16H,7-10,12H2,1-3H3,(H,24,26)(H,25,27). The number of aromatic nitrogens is 1. The molecule has 2 N–H and O–H groups in total. The van der Waals surface area contributed by atoms with E-state index in [1.165, 1.54) is 6.07 Å². The highest BCUT2D eigenvalue weighted by molar-refractivity contribution is 5.96. The minimum atomic E-state index is -0.266. The van der Waals surface area contributed by atoms with Crippen LogP contribution in [0, 0.1) is 18.7 Å². The predicted octanol–water partition coefficient (Wildman–Crippen LogP) is 4.55. The molecule has 150 valence electrons. The summed E-state index contributed by atoms with van der Waals surface area (Å²) >= 11 is 0. The van der Waals surface area contributed by atoms with Crippen molar-refractivity contribution in [2.75, 3.05) is 25.1 Å². The number of nitrogens with zero attached hydrogens (tertiary/aromatic N) is 1. The monoisotopic (exact) mass is 385 g/mol. The van der Waals surface area contributed by atoms with E-state index in [0.29, 0.717) is 35.1 Å². The second kappa shape index (κ2) is 9.15. The van der Waals surface area contributed by atoms with Gasteiger partial charge in [-0.25, -0.2) is 9.37 Å². The van der Waals surface area contributed by atoms with Gasteiger partial charge in [-0.15, -0.1) is 0 Å². The zero-order chi connectivity index (χ0) is 20.1. The predicted molar refractivity (Wildman–Crippen MR) is 109 cm³/mol. The quantitative estimate of drug-likeness (QED) is 0.766. The van der Waals surface area contributed by atoms with Gasteiger partial charge in [0.25, 0.3) is 5.91 Å². The Hall–Kier alpha value is -2.47. The number of hydrogen-bond donors (Lipinski definition) is 2.